The van der Waals surface area contributed by atoms with Crippen LogP contribution >= 0.6 is 0 Å². The molecule has 2 N–H and O–H groups in total. The zero-order chi connectivity index (χ0) is 11.7. The maximum absolute atomic E-state index is 3.67. The fourth-order valence-corrected chi connectivity index (χ4v) is 2.86. The largest absolute Gasteiger partial charge is 0.361 e. The van der Waals surface area contributed by atoms with E-state index in [4.69, 9.17) is 0 Å². The molecule has 3 rings (SSSR count). The fraction of sp³-hybridized carbons (Fsp3) is 0.467. The first-order chi connectivity index (χ1) is 8.31. The maximum atomic E-state index is 3.67. The summed E-state index contributed by atoms with van der Waals surface area (Å²) in [6.07, 6.45) is 6.06. The number of aromatic nitrogens is 1. The van der Waals surface area contributed by atoms with Gasteiger partial charge in [0.2, 0.25) is 0 Å². The SMILES string of the molecule is CC1CCC(NCc2ccc3cc[nH]c3c2)C1. The first-order valence-corrected chi connectivity index (χ1v) is 6.60. The molecule has 1 fully saturated rings. The summed E-state index contributed by atoms with van der Waals surface area (Å²) >= 11 is 0. The van der Waals surface area contributed by atoms with Gasteiger partial charge in [-0.15, -0.1) is 0 Å². The molecule has 2 unspecified atom stereocenters. The van der Waals surface area contributed by atoms with Crippen molar-refractivity contribution in [3.63, 3.8) is 0 Å². The maximum Gasteiger partial charge on any atom is 0.0457 e. The Morgan fingerprint density at radius 2 is 2.24 bits per heavy atom. The monoisotopic (exact) mass is 228 g/mol. The van der Waals surface area contributed by atoms with Crippen LogP contribution in [0.15, 0.2) is 30.5 Å². The summed E-state index contributed by atoms with van der Waals surface area (Å²) in [6.45, 7) is 3.35. The smallest absolute Gasteiger partial charge is 0.0457 e. The highest BCUT2D eigenvalue weighted by Crippen LogP contribution is 2.25. The van der Waals surface area contributed by atoms with E-state index in [0.29, 0.717) is 0 Å². The van der Waals surface area contributed by atoms with Crippen LogP contribution in [0.3, 0.4) is 0 Å². The van der Waals surface area contributed by atoms with E-state index in [0.717, 1.165) is 18.5 Å². The molecule has 0 aliphatic heterocycles. The Kier molecular flexibility index (Phi) is 2.89. The highest BCUT2D eigenvalue weighted by Gasteiger charge is 2.20. The molecule has 2 atom stereocenters. The Morgan fingerprint density at radius 3 is 3.06 bits per heavy atom. The lowest BCUT2D eigenvalue weighted by Gasteiger charge is -2.12. The van der Waals surface area contributed by atoms with Crippen LogP contribution in [-0.2, 0) is 6.54 Å². The lowest BCUT2D eigenvalue weighted by molar-refractivity contribution is 0.502. The summed E-state index contributed by atoms with van der Waals surface area (Å²) in [4.78, 5) is 3.27. The van der Waals surface area contributed by atoms with Crippen LogP contribution in [-0.4, -0.2) is 11.0 Å². The van der Waals surface area contributed by atoms with Crippen LogP contribution in [0.5, 0.6) is 0 Å². The average molecular weight is 228 g/mol. The molecule has 1 aliphatic carbocycles. The van der Waals surface area contributed by atoms with E-state index in [1.165, 1.54) is 35.7 Å². The van der Waals surface area contributed by atoms with Gasteiger partial charge < -0.3 is 10.3 Å². The molecule has 0 saturated heterocycles. The zero-order valence-corrected chi connectivity index (χ0v) is 10.4. The number of H-pyrrole nitrogens is 1. The molecular formula is C15H20N2. The molecule has 0 radical (unpaired) electrons. The van der Waals surface area contributed by atoms with Gasteiger partial charge >= 0.3 is 0 Å². The summed E-state index contributed by atoms with van der Waals surface area (Å²) in [7, 11) is 0. The number of fused-ring (bicyclic) bond motifs is 1. The number of benzene rings is 1. The third-order valence-electron chi connectivity index (χ3n) is 3.91. The minimum atomic E-state index is 0.726. The summed E-state index contributed by atoms with van der Waals surface area (Å²) in [5.74, 6) is 0.901. The van der Waals surface area contributed by atoms with Gasteiger partial charge in [0.1, 0.15) is 0 Å². The molecule has 17 heavy (non-hydrogen) atoms. The van der Waals surface area contributed by atoms with Crippen molar-refractivity contribution in [3.8, 4) is 0 Å². The highest BCUT2D eigenvalue weighted by molar-refractivity contribution is 5.79. The molecule has 1 aliphatic rings. The Balaban J connectivity index is 1.64. The number of nitrogens with one attached hydrogen (secondary N) is 2. The molecule has 90 valence electrons. The van der Waals surface area contributed by atoms with Gasteiger partial charge in [0.25, 0.3) is 0 Å². The van der Waals surface area contributed by atoms with Crippen LogP contribution in [0.25, 0.3) is 10.9 Å². The van der Waals surface area contributed by atoms with E-state index < -0.39 is 0 Å². The molecule has 1 heterocycles. The van der Waals surface area contributed by atoms with E-state index in [2.05, 4.69) is 41.5 Å². The lowest BCUT2D eigenvalue weighted by atomic mass is 10.1. The van der Waals surface area contributed by atoms with Crippen molar-refractivity contribution in [2.24, 2.45) is 5.92 Å². The van der Waals surface area contributed by atoms with Crippen molar-refractivity contribution in [1.82, 2.24) is 10.3 Å². The van der Waals surface area contributed by atoms with Gasteiger partial charge in [0, 0.05) is 24.3 Å². The third-order valence-corrected chi connectivity index (χ3v) is 3.91. The van der Waals surface area contributed by atoms with Crippen molar-refractivity contribution in [2.75, 3.05) is 0 Å². The first kappa shape index (κ1) is 10.8. The summed E-state index contributed by atoms with van der Waals surface area (Å²) < 4.78 is 0. The summed E-state index contributed by atoms with van der Waals surface area (Å²) in [6, 6.07) is 9.51. The standard InChI is InChI=1S/C15H20N2/c1-11-2-5-14(8-11)17-10-12-3-4-13-6-7-16-15(13)9-12/h3-4,6-7,9,11,14,16-17H,2,5,8,10H2,1H3. The molecule has 2 nitrogen and oxygen atoms in total. The Morgan fingerprint density at radius 1 is 1.29 bits per heavy atom. The minimum absolute atomic E-state index is 0.726. The zero-order valence-electron chi connectivity index (χ0n) is 10.4. The lowest BCUT2D eigenvalue weighted by Crippen LogP contribution is -2.25. The Labute approximate surface area is 102 Å². The Hall–Kier alpha value is -1.28. The highest BCUT2D eigenvalue weighted by atomic mass is 14.9. The second kappa shape index (κ2) is 4.53. The van der Waals surface area contributed by atoms with Crippen molar-refractivity contribution < 1.29 is 0 Å². The molecule has 2 aromatic rings. The van der Waals surface area contributed by atoms with Gasteiger partial charge in [-0.3, -0.25) is 0 Å². The van der Waals surface area contributed by atoms with Crippen LogP contribution in [0.2, 0.25) is 0 Å². The van der Waals surface area contributed by atoms with Gasteiger partial charge in [-0.05, 0) is 48.3 Å². The summed E-state index contributed by atoms with van der Waals surface area (Å²) in [5.41, 5.74) is 2.61. The molecule has 0 bridgehead atoms. The van der Waals surface area contributed by atoms with E-state index in [1.54, 1.807) is 0 Å². The molecule has 2 heteroatoms. The van der Waals surface area contributed by atoms with E-state index in [-0.39, 0.29) is 0 Å². The number of hydrogen-bond donors (Lipinski definition) is 2. The molecule has 1 aromatic carbocycles. The topological polar surface area (TPSA) is 27.8 Å². The van der Waals surface area contributed by atoms with Gasteiger partial charge in [0.15, 0.2) is 0 Å². The minimum Gasteiger partial charge on any atom is -0.361 e. The molecule has 0 spiro atoms. The van der Waals surface area contributed by atoms with Gasteiger partial charge in [-0.25, -0.2) is 0 Å². The number of aromatic amines is 1. The van der Waals surface area contributed by atoms with Crippen LogP contribution in [0.4, 0.5) is 0 Å². The van der Waals surface area contributed by atoms with Crippen molar-refractivity contribution in [2.45, 2.75) is 38.8 Å². The molecule has 0 amide bonds. The van der Waals surface area contributed by atoms with Crippen molar-refractivity contribution >= 4 is 10.9 Å². The first-order valence-electron chi connectivity index (χ1n) is 6.60. The number of rotatable bonds is 3. The van der Waals surface area contributed by atoms with Crippen LogP contribution < -0.4 is 5.32 Å². The van der Waals surface area contributed by atoms with Crippen molar-refractivity contribution in [1.29, 1.82) is 0 Å². The van der Waals surface area contributed by atoms with E-state index >= 15 is 0 Å². The Bertz CT molecular complexity index is 500. The second-order valence-corrected chi connectivity index (χ2v) is 5.40. The van der Waals surface area contributed by atoms with E-state index in [1.807, 2.05) is 6.20 Å². The average Bonchev–Trinajstić information content (AvgIpc) is 2.94. The van der Waals surface area contributed by atoms with Crippen molar-refractivity contribution in [3.05, 3.63) is 36.0 Å². The predicted molar refractivity (Wildman–Crippen MR) is 71.9 cm³/mol. The van der Waals surface area contributed by atoms with Gasteiger partial charge in [0.05, 0.1) is 0 Å². The fourth-order valence-electron chi connectivity index (χ4n) is 2.86. The quantitative estimate of drug-likeness (QED) is 0.827. The normalized spacial score (nSPS) is 24.5. The molecule has 1 aromatic heterocycles. The van der Waals surface area contributed by atoms with E-state index in [9.17, 15) is 0 Å². The van der Waals surface area contributed by atoms with Gasteiger partial charge in [-0.2, -0.15) is 0 Å². The number of hydrogen-bond acceptors (Lipinski definition) is 1. The predicted octanol–water partition coefficient (Wildman–Crippen LogP) is 3.45. The summed E-state index contributed by atoms with van der Waals surface area (Å²) in [5, 5.41) is 4.97. The third kappa shape index (κ3) is 2.37. The van der Waals surface area contributed by atoms with Crippen LogP contribution in [0, 0.1) is 5.92 Å². The second-order valence-electron chi connectivity index (χ2n) is 5.40. The van der Waals surface area contributed by atoms with Gasteiger partial charge in [-0.1, -0.05) is 19.1 Å². The molecule has 1 saturated carbocycles. The van der Waals surface area contributed by atoms with Crippen LogP contribution in [0.1, 0.15) is 31.7 Å². The molecular weight excluding hydrogens is 208 g/mol.